The molecule has 0 radical (unpaired) electrons. The monoisotopic (exact) mass is 240 g/mol. The van der Waals surface area contributed by atoms with Gasteiger partial charge < -0.3 is 5.32 Å². The predicted molar refractivity (Wildman–Crippen MR) is 62.7 cm³/mol. The summed E-state index contributed by atoms with van der Waals surface area (Å²) in [6.45, 7) is 0.465. The molecule has 0 aliphatic carbocycles. The molecule has 0 aliphatic rings. The third kappa shape index (κ3) is 2.11. The van der Waals surface area contributed by atoms with Gasteiger partial charge in [-0.05, 0) is 17.6 Å². The van der Waals surface area contributed by atoms with Crippen LogP contribution in [0.2, 0.25) is 0 Å². The Kier molecular flexibility index (Phi) is 3.18. The number of amides is 1. The number of alkyl halides is 1. The molecule has 0 saturated heterocycles. The Morgan fingerprint density at radius 3 is 3.07 bits per heavy atom. The van der Waals surface area contributed by atoms with Crippen LogP contribution in [-0.2, 0) is 0 Å². The van der Waals surface area contributed by atoms with E-state index in [-0.39, 0.29) is 5.91 Å². The van der Waals surface area contributed by atoms with Crippen LogP contribution in [0, 0.1) is 0 Å². The van der Waals surface area contributed by atoms with E-state index in [0.717, 1.165) is 10.1 Å². The number of benzene rings is 1. The van der Waals surface area contributed by atoms with E-state index in [1.165, 1.54) is 11.5 Å². The number of carbonyl (C=O) groups excluding carboxylic acids is 1. The third-order valence-corrected chi connectivity index (χ3v) is 2.99. The average Bonchev–Trinajstić information content (AvgIpc) is 2.69. The normalized spacial score (nSPS) is 10.5. The molecule has 0 aliphatic heterocycles. The first-order valence-corrected chi connectivity index (χ1v) is 5.82. The largest absolute Gasteiger partial charge is 0.349 e. The number of aromatic nitrogens is 1. The van der Waals surface area contributed by atoms with Crippen molar-refractivity contribution in [3.05, 3.63) is 30.0 Å². The lowest BCUT2D eigenvalue weighted by Crippen LogP contribution is -2.25. The standard InChI is InChI=1S/C10H9ClN2OS/c11-5-6-12-10(14)9-7-3-1-2-4-8(7)15-13-9/h1-4H,5-6H2,(H,12,14). The lowest BCUT2D eigenvalue weighted by molar-refractivity contribution is 0.0954. The van der Waals surface area contributed by atoms with Gasteiger partial charge in [-0.25, -0.2) is 0 Å². The minimum atomic E-state index is -0.159. The van der Waals surface area contributed by atoms with E-state index in [9.17, 15) is 4.79 Å². The SMILES string of the molecule is O=C(NCCCl)c1nsc2ccccc12. The van der Waals surface area contributed by atoms with Crippen molar-refractivity contribution < 1.29 is 4.79 Å². The van der Waals surface area contributed by atoms with E-state index >= 15 is 0 Å². The van der Waals surface area contributed by atoms with E-state index in [0.29, 0.717) is 18.1 Å². The van der Waals surface area contributed by atoms with Crippen LogP contribution in [0.25, 0.3) is 10.1 Å². The maximum atomic E-state index is 11.7. The van der Waals surface area contributed by atoms with E-state index < -0.39 is 0 Å². The van der Waals surface area contributed by atoms with Crippen molar-refractivity contribution in [3.8, 4) is 0 Å². The highest BCUT2D eigenvalue weighted by Gasteiger charge is 2.12. The summed E-state index contributed by atoms with van der Waals surface area (Å²) >= 11 is 6.82. The minimum Gasteiger partial charge on any atom is -0.349 e. The van der Waals surface area contributed by atoms with Gasteiger partial charge in [0.15, 0.2) is 0 Å². The van der Waals surface area contributed by atoms with Crippen LogP contribution in [-0.4, -0.2) is 22.7 Å². The van der Waals surface area contributed by atoms with E-state index in [4.69, 9.17) is 11.6 Å². The van der Waals surface area contributed by atoms with Gasteiger partial charge in [0.2, 0.25) is 0 Å². The Hall–Kier alpha value is -1.13. The molecular weight excluding hydrogens is 232 g/mol. The molecule has 0 atom stereocenters. The topological polar surface area (TPSA) is 42.0 Å². The second-order valence-corrected chi connectivity index (χ2v) is 4.16. The van der Waals surface area contributed by atoms with Crippen molar-refractivity contribution in [1.29, 1.82) is 0 Å². The Bertz CT molecular complexity index is 483. The molecule has 0 spiro atoms. The molecule has 0 fully saturated rings. The molecular formula is C10H9ClN2OS. The van der Waals surface area contributed by atoms with E-state index in [1.54, 1.807) is 0 Å². The first-order chi connectivity index (χ1) is 7.33. The Balaban J connectivity index is 2.31. The van der Waals surface area contributed by atoms with Crippen LogP contribution < -0.4 is 5.32 Å². The zero-order chi connectivity index (χ0) is 10.7. The summed E-state index contributed by atoms with van der Waals surface area (Å²) in [7, 11) is 0. The Morgan fingerprint density at radius 2 is 2.27 bits per heavy atom. The third-order valence-electron chi connectivity index (χ3n) is 1.97. The Morgan fingerprint density at radius 1 is 1.47 bits per heavy atom. The number of rotatable bonds is 3. The summed E-state index contributed by atoms with van der Waals surface area (Å²) in [5.41, 5.74) is 0.487. The van der Waals surface area contributed by atoms with Crippen LogP contribution in [0.15, 0.2) is 24.3 Å². The number of hydrogen-bond donors (Lipinski definition) is 1. The summed E-state index contributed by atoms with van der Waals surface area (Å²) < 4.78 is 5.16. The second kappa shape index (κ2) is 4.59. The molecule has 15 heavy (non-hydrogen) atoms. The highest BCUT2D eigenvalue weighted by Crippen LogP contribution is 2.21. The summed E-state index contributed by atoms with van der Waals surface area (Å²) in [5, 5.41) is 3.60. The van der Waals surface area contributed by atoms with Gasteiger partial charge >= 0.3 is 0 Å². The van der Waals surface area contributed by atoms with Crippen LogP contribution in [0.5, 0.6) is 0 Å². The smallest absolute Gasteiger partial charge is 0.271 e. The van der Waals surface area contributed by atoms with Crippen molar-refractivity contribution in [2.75, 3.05) is 12.4 Å². The quantitative estimate of drug-likeness (QED) is 0.837. The van der Waals surface area contributed by atoms with Gasteiger partial charge in [0.1, 0.15) is 5.69 Å². The molecule has 1 N–H and O–H groups in total. The van der Waals surface area contributed by atoms with E-state index in [2.05, 4.69) is 9.69 Å². The zero-order valence-electron chi connectivity index (χ0n) is 7.87. The summed E-state index contributed by atoms with van der Waals surface area (Å²) in [6, 6.07) is 7.68. The molecule has 78 valence electrons. The van der Waals surface area contributed by atoms with Gasteiger partial charge in [-0.1, -0.05) is 18.2 Å². The first kappa shape index (κ1) is 10.4. The number of nitrogens with one attached hydrogen (secondary N) is 1. The zero-order valence-corrected chi connectivity index (χ0v) is 9.44. The van der Waals surface area contributed by atoms with Crippen molar-refractivity contribution in [1.82, 2.24) is 9.69 Å². The van der Waals surface area contributed by atoms with Crippen LogP contribution in [0.3, 0.4) is 0 Å². The number of halogens is 1. The molecule has 0 bridgehead atoms. The molecule has 2 aromatic rings. The molecule has 0 unspecified atom stereocenters. The van der Waals surface area contributed by atoms with Crippen LogP contribution in [0.1, 0.15) is 10.5 Å². The van der Waals surface area contributed by atoms with Gasteiger partial charge in [-0.2, -0.15) is 4.37 Å². The van der Waals surface area contributed by atoms with Crippen molar-refractivity contribution in [3.63, 3.8) is 0 Å². The van der Waals surface area contributed by atoms with Gasteiger partial charge in [0.05, 0.1) is 4.70 Å². The van der Waals surface area contributed by atoms with Crippen molar-refractivity contribution in [2.24, 2.45) is 0 Å². The Labute approximate surface area is 96.2 Å². The highest BCUT2D eigenvalue weighted by atomic mass is 35.5. The molecule has 1 aromatic heterocycles. The lowest BCUT2D eigenvalue weighted by atomic mass is 10.2. The lowest BCUT2D eigenvalue weighted by Gasteiger charge is -1.99. The highest BCUT2D eigenvalue weighted by molar-refractivity contribution is 7.13. The first-order valence-electron chi connectivity index (χ1n) is 4.51. The van der Waals surface area contributed by atoms with Crippen molar-refractivity contribution in [2.45, 2.75) is 0 Å². The van der Waals surface area contributed by atoms with Gasteiger partial charge in [0, 0.05) is 17.8 Å². The second-order valence-electron chi connectivity index (χ2n) is 2.97. The maximum absolute atomic E-state index is 11.7. The summed E-state index contributed by atoms with van der Waals surface area (Å²) in [5.74, 6) is 0.251. The fourth-order valence-corrected chi connectivity index (χ4v) is 2.16. The fourth-order valence-electron chi connectivity index (χ4n) is 1.29. The summed E-state index contributed by atoms with van der Waals surface area (Å²) in [6.07, 6.45) is 0. The van der Waals surface area contributed by atoms with Gasteiger partial charge in [0.25, 0.3) is 5.91 Å². The van der Waals surface area contributed by atoms with Crippen LogP contribution in [0.4, 0.5) is 0 Å². The number of fused-ring (bicyclic) bond motifs is 1. The predicted octanol–water partition coefficient (Wildman–Crippen LogP) is 2.26. The number of hydrogen-bond acceptors (Lipinski definition) is 3. The average molecular weight is 241 g/mol. The molecule has 1 aromatic carbocycles. The maximum Gasteiger partial charge on any atom is 0.271 e. The van der Waals surface area contributed by atoms with Gasteiger partial charge in [-0.3, -0.25) is 4.79 Å². The fraction of sp³-hybridized carbons (Fsp3) is 0.200. The molecule has 1 amide bonds. The minimum absolute atomic E-state index is 0.159. The van der Waals surface area contributed by atoms with E-state index in [1.807, 2.05) is 24.3 Å². The molecule has 3 nitrogen and oxygen atoms in total. The number of carbonyl (C=O) groups is 1. The van der Waals surface area contributed by atoms with Gasteiger partial charge in [-0.15, -0.1) is 11.6 Å². The molecule has 1 heterocycles. The summed E-state index contributed by atoms with van der Waals surface area (Å²) in [4.78, 5) is 11.7. The van der Waals surface area contributed by atoms with Crippen LogP contribution >= 0.6 is 23.1 Å². The van der Waals surface area contributed by atoms with Crippen molar-refractivity contribution >= 4 is 39.1 Å². The molecule has 5 heteroatoms. The number of nitrogens with zero attached hydrogens (tertiary/aromatic N) is 1. The molecule has 2 rings (SSSR count). The molecule has 0 saturated carbocycles.